The van der Waals surface area contributed by atoms with Crippen LogP contribution in [0.5, 0.6) is 0 Å². The van der Waals surface area contributed by atoms with Gasteiger partial charge in [0.1, 0.15) is 5.82 Å². The summed E-state index contributed by atoms with van der Waals surface area (Å²) in [4.78, 5) is 20.2. The molecule has 0 spiro atoms. The Labute approximate surface area is 178 Å². The molecule has 2 aromatic rings. The Morgan fingerprint density at radius 3 is 2.57 bits per heavy atom. The Balaban J connectivity index is 1.92. The third kappa shape index (κ3) is 4.54. The van der Waals surface area contributed by atoms with Gasteiger partial charge >= 0.3 is 5.97 Å². The molecule has 2 heterocycles. The Morgan fingerprint density at radius 2 is 2.04 bits per heavy atom. The van der Waals surface area contributed by atoms with E-state index in [0.29, 0.717) is 0 Å². The number of anilines is 1. The lowest BCUT2D eigenvalue weighted by Gasteiger charge is -2.35. The van der Waals surface area contributed by atoms with Crippen LogP contribution in [0.1, 0.15) is 30.0 Å². The normalized spacial score (nSPS) is 16.9. The van der Waals surface area contributed by atoms with E-state index in [2.05, 4.69) is 17.1 Å². The minimum Gasteiger partial charge on any atom is -0.481 e. The fraction of sp³-hybridized carbons (Fsp3) is 0.300. The van der Waals surface area contributed by atoms with E-state index in [1.807, 2.05) is 49.7 Å². The molecule has 0 bridgehead atoms. The second kappa shape index (κ2) is 9.03. The number of carboxylic acids is 1. The molecule has 0 amide bonds. The highest BCUT2D eigenvalue weighted by Crippen LogP contribution is 2.39. The summed E-state index contributed by atoms with van der Waals surface area (Å²) in [6.45, 7) is 2.11. The number of hydrogen-bond acceptors (Lipinski definition) is 6. The SMILES string of the molecule is CCC1=NC(c2ccc(Cl)s2)N(C)C(Nc2ccc(CC(=O)O)cc2)=C1SC. The molecule has 8 heteroatoms. The van der Waals surface area contributed by atoms with Gasteiger partial charge in [-0.1, -0.05) is 30.7 Å². The standard InChI is InChI=1S/C20H22ClN3O2S2/c1-4-14-18(27-3)20(22-13-7-5-12(6-8-13)11-17(25)26)24(2)19(23-14)15-9-10-16(21)28-15/h5-10,19,22H,4,11H2,1-3H3,(H,25,26). The number of aliphatic carboxylic acids is 1. The van der Waals surface area contributed by atoms with E-state index in [0.717, 1.165) is 43.3 Å². The van der Waals surface area contributed by atoms with Gasteiger partial charge in [-0.25, -0.2) is 0 Å². The van der Waals surface area contributed by atoms with E-state index < -0.39 is 5.97 Å². The number of nitrogens with zero attached hydrogens (tertiary/aromatic N) is 2. The van der Waals surface area contributed by atoms with Crippen LogP contribution in [0, 0.1) is 0 Å². The van der Waals surface area contributed by atoms with E-state index in [1.54, 1.807) is 11.8 Å². The molecule has 1 atom stereocenters. The van der Waals surface area contributed by atoms with Crippen molar-refractivity contribution in [3.8, 4) is 0 Å². The quantitative estimate of drug-likeness (QED) is 0.603. The molecule has 5 nitrogen and oxygen atoms in total. The van der Waals surface area contributed by atoms with Gasteiger partial charge < -0.3 is 15.3 Å². The number of aliphatic imine (C=N–C) groups is 1. The zero-order valence-corrected chi connectivity index (χ0v) is 18.3. The van der Waals surface area contributed by atoms with Gasteiger partial charge in [0.05, 0.1) is 26.3 Å². The van der Waals surface area contributed by atoms with Crippen LogP contribution < -0.4 is 5.32 Å². The van der Waals surface area contributed by atoms with Crippen molar-refractivity contribution in [3.05, 3.63) is 61.9 Å². The first-order chi connectivity index (χ1) is 13.4. The van der Waals surface area contributed by atoms with Crippen LogP contribution in [-0.2, 0) is 11.2 Å². The van der Waals surface area contributed by atoms with Crippen molar-refractivity contribution < 1.29 is 9.90 Å². The minimum absolute atomic E-state index is 0.0206. The van der Waals surface area contributed by atoms with Gasteiger partial charge in [-0.15, -0.1) is 23.1 Å². The van der Waals surface area contributed by atoms with Crippen LogP contribution in [0.3, 0.4) is 0 Å². The number of thioether (sulfide) groups is 1. The average molecular weight is 436 g/mol. The molecule has 1 aromatic carbocycles. The summed E-state index contributed by atoms with van der Waals surface area (Å²) in [5.74, 6) is 0.154. The molecule has 148 valence electrons. The maximum Gasteiger partial charge on any atom is 0.307 e. The van der Waals surface area contributed by atoms with E-state index in [4.69, 9.17) is 21.7 Å². The van der Waals surface area contributed by atoms with Crippen molar-refractivity contribution in [1.29, 1.82) is 0 Å². The fourth-order valence-electron chi connectivity index (χ4n) is 3.06. The highest BCUT2D eigenvalue weighted by atomic mass is 35.5. The third-order valence-electron chi connectivity index (χ3n) is 4.43. The maximum absolute atomic E-state index is 10.9. The summed E-state index contributed by atoms with van der Waals surface area (Å²) in [6, 6.07) is 11.4. The van der Waals surface area contributed by atoms with Crippen LogP contribution in [0.2, 0.25) is 4.34 Å². The number of benzene rings is 1. The number of hydrogen-bond donors (Lipinski definition) is 2. The molecule has 1 unspecified atom stereocenters. The summed E-state index contributed by atoms with van der Waals surface area (Å²) in [5.41, 5.74) is 2.74. The maximum atomic E-state index is 10.9. The minimum atomic E-state index is -0.832. The molecule has 0 saturated heterocycles. The van der Waals surface area contributed by atoms with Crippen LogP contribution in [0.25, 0.3) is 0 Å². The van der Waals surface area contributed by atoms with Crippen LogP contribution in [-0.4, -0.2) is 35.0 Å². The second-order valence-electron chi connectivity index (χ2n) is 6.33. The van der Waals surface area contributed by atoms with Gasteiger partial charge in [0.2, 0.25) is 0 Å². The average Bonchev–Trinajstić information content (AvgIpc) is 3.10. The number of nitrogens with one attached hydrogen (secondary N) is 1. The van der Waals surface area contributed by atoms with Crippen molar-refractivity contribution in [2.24, 2.45) is 4.99 Å². The van der Waals surface area contributed by atoms with E-state index in [1.165, 1.54) is 11.3 Å². The Hall–Kier alpha value is -1.96. The molecular weight excluding hydrogens is 414 g/mol. The van der Waals surface area contributed by atoms with Gasteiger partial charge in [0.15, 0.2) is 6.17 Å². The van der Waals surface area contributed by atoms with Crippen LogP contribution in [0.15, 0.2) is 52.1 Å². The molecule has 1 aliphatic rings. The fourth-order valence-corrected chi connectivity index (χ4v) is 5.03. The molecule has 28 heavy (non-hydrogen) atoms. The van der Waals surface area contributed by atoms with Gasteiger partial charge in [0, 0.05) is 12.7 Å². The molecule has 0 fully saturated rings. The first kappa shape index (κ1) is 20.8. The van der Waals surface area contributed by atoms with Gasteiger partial charge in [-0.3, -0.25) is 9.79 Å². The molecule has 0 saturated carbocycles. The van der Waals surface area contributed by atoms with Crippen LogP contribution >= 0.6 is 34.7 Å². The predicted molar refractivity (Wildman–Crippen MR) is 120 cm³/mol. The van der Waals surface area contributed by atoms with Crippen molar-refractivity contribution >= 4 is 52.1 Å². The van der Waals surface area contributed by atoms with Gasteiger partial charge in [0.25, 0.3) is 0 Å². The monoisotopic (exact) mass is 435 g/mol. The highest BCUT2D eigenvalue weighted by Gasteiger charge is 2.29. The predicted octanol–water partition coefficient (Wildman–Crippen LogP) is 5.47. The number of thiophene rings is 1. The molecule has 3 rings (SSSR count). The summed E-state index contributed by atoms with van der Waals surface area (Å²) in [7, 11) is 2.02. The topological polar surface area (TPSA) is 64.9 Å². The largest absolute Gasteiger partial charge is 0.481 e. The summed E-state index contributed by atoms with van der Waals surface area (Å²) in [6.07, 6.45) is 2.78. The van der Waals surface area contributed by atoms with E-state index in [-0.39, 0.29) is 12.6 Å². The number of carboxylic acid groups (broad SMARTS) is 1. The molecular formula is C20H22ClN3O2S2. The number of halogens is 1. The lowest BCUT2D eigenvalue weighted by Crippen LogP contribution is -2.33. The zero-order chi connectivity index (χ0) is 20.3. The van der Waals surface area contributed by atoms with E-state index >= 15 is 0 Å². The molecule has 0 radical (unpaired) electrons. The Kier molecular flexibility index (Phi) is 6.69. The van der Waals surface area contributed by atoms with Crippen LogP contribution in [0.4, 0.5) is 5.69 Å². The first-order valence-corrected chi connectivity index (χ1v) is 11.3. The van der Waals surface area contributed by atoms with Crippen molar-refractivity contribution in [1.82, 2.24) is 4.90 Å². The van der Waals surface area contributed by atoms with Crippen molar-refractivity contribution in [2.45, 2.75) is 25.9 Å². The number of allylic oxidation sites excluding steroid dienone is 1. The Bertz CT molecular complexity index is 922. The first-order valence-electron chi connectivity index (χ1n) is 8.84. The van der Waals surface area contributed by atoms with Crippen molar-refractivity contribution in [3.63, 3.8) is 0 Å². The zero-order valence-electron chi connectivity index (χ0n) is 15.9. The molecule has 0 aliphatic carbocycles. The second-order valence-corrected chi connectivity index (χ2v) is 8.89. The number of rotatable bonds is 7. The third-order valence-corrected chi connectivity index (χ3v) is 6.54. The Morgan fingerprint density at radius 1 is 1.32 bits per heavy atom. The van der Waals surface area contributed by atoms with Crippen molar-refractivity contribution in [2.75, 3.05) is 18.6 Å². The summed E-state index contributed by atoms with van der Waals surface area (Å²) in [5, 5.41) is 12.5. The molecule has 1 aliphatic heterocycles. The van der Waals surface area contributed by atoms with E-state index in [9.17, 15) is 4.79 Å². The lowest BCUT2D eigenvalue weighted by atomic mass is 10.1. The smallest absolute Gasteiger partial charge is 0.307 e. The van der Waals surface area contributed by atoms with Gasteiger partial charge in [-0.2, -0.15) is 0 Å². The summed E-state index contributed by atoms with van der Waals surface area (Å²) < 4.78 is 0.750. The molecule has 1 aromatic heterocycles. The lowest BCUT2D eigenvalue weighted by molar-refractivity contribution is -0.136. The highest BCUT2D eigenvalue weighted by molar-refractivity contribution is 8.03. The van der Waals surface area contributed by atoms with Gasteiger partial charge in [-0.05, 0) is 42.5 Å². The number of carbonyl (C=O) groups is 1. The molecule has 2 N–H and O–H groups in total. The summed E-state index contributed by atoms with van der Waals surface area (Å²) >= 11 is 9.36.